The van der Waals surface area contributed by atoms with Gasteiger partial charge in [-0.3, -0.25) is 4.79 Å². The monoisotopic (exact) mass is 300 g/mol. The summed E-state index contributed by atoms with van der Waals surface area (Å²) in [6.07, 6.45) is 4.51. The minimum Gasteiger partial charge on any atom is -0.387 e. The second-order valence-electron chi connectivity index (χ2n) is 5.36. The van der Waals surface area contributed by atoms with Crippen LogP contribution in [0.2, 0.25) is 0 Å². The van der Waals surface area contributed by atoms with Crippen LogP contribution < -0.4 is 9.80 Å². The van der Waals surface area contributed by atoms with Crippen LogP contribution in [-0.2, 0) is 17.8 Å². The van der Waals surface area contributed by atoms with Gasteiger partial charge in [0.05, 0.1) is 18.6 Å². The Balaban J connectivity index is 1.87. The fourth-order valence-corrected chi connectivity index (χ4v) is 2.93. The molecule has 6 nitrogen and oxygen atoms in total. The summed E-state index contributed by atoms with van der Waals surface area (Å²) >= 11 is 0. The fourth-order valence-electron chi connectivity index (χ4n) is 2.93. The van der Waals surface area contributed by atoms with Crippen molar-refractivity contribution < 1.29 is 9.90 Å². The van der Waals surface area contributed by atoms with E-state index >= 15 is 0 Å². The predicted octanol–water partition coefficient (Wildman–Crippen LogP) is 1.32. The molecule has 0 atom stereocenters. The Morgan fingerprint density at radius 2 is 2.36 bits per heavy atom. The van der Waals surface area contributed by atoms with Crippen LogP contribution in [0.1, 0.15) is 18.2 Å². The van der Waals surface area contributed by atoms with E-state index in [-0.39, 0.29) is 5.91 Å². The molecule has 0 saturated heterocycles. The number of likely N-dealkylation sites (N-methyl/N-ethyl adjacent to an activating group) is 1. The molecule has 1 aromatic heterocycles. The minimum atomic E-state index is -0.469. The topological polar surface area (TPSA) is 72.5 Å². The summed E-state index contributed by atoms with van der Waals surface area (Å²) in [6, 6.07) is 6.07. The Kier molecular flexibility index (Phi) is 4.11. The number of nitrogens with one attached hydrogen (secondary N) is 1. The van der Waals surface area contributed by atoms with Gasteiger partial charge in [-0.2, -0.15) is 0 Å². The lowest BCUT2D eigenvalue weighted by Crippen LogP contribution is -2.33. The third-order valence-electron chi connectivity index (χ3n) is 4.04. The zero-order chi connectivity index (χ0) is 15.5. The van der Waals surface area contributed by atoms with E-state index in [1.165, 1.54) is 5.56 Å². The highest BCUT2D eigenvalue weighted by atomic mass is 16.3. The van der Waals surface area contributed by atoms with E-state index in [2.05, 4.69) is 20.9 Å². The number of rotatable bonds is 5. The summed E-state index contributed by atoms with van der Waals surface area (Å²) in [5.74, 6) is -0.277. The number of aliphatic hydroxyl groups excluding tert-OH is 1. The van der Waals surface area contributed by atoms with Gasteiger partial charge in [-0.15, -0.1) is 0 Å². The number of nitrogens with zero attached hydrogens (tertiary/aromatic N) is 3. The first-order valence-corrected chi connectivity index (χ1v) is 7.49. The third-order valence-corrected chi connectivity index (χ3v) is 4.04. The summed E-state index contributed by atoms with van der Waals surface area (Å²) in [7, 11) is 0. The maximum atomic E-state index is 11.8. The van der Waals surface area contributed by atoms with Crippen LogP contribution in [0.25, 0.3) is 0 Å². The van der Waals surface area contributed by atoms with Gasteiger partial charge in [0.1, 0.15) is 6.61 Å². The van der Waals surface area contributed by atoms with Crippen molar-refractivity contribution in [2.75, 3.05) is 29.5 Å². The van der Waals surface area contributed by atoms with E-state index in [1.54, 1.807) is 11.2 Å². The molecule has 116 valence electrons. The smallest absolute Gasteiger partial charge is 0.252 e. The molecule has 0 spiro atoms. The summed E-state index contributed by atoms with van der Waals surface area (Å²) in [4.78, 5) is 22.9. The largest absolute Gasteiger partial charge is 0.387 e. The molecule has 1 aromatic carbocycles. The molecule has 2 N–H and O–H groups in total. The van der Waals surface area contributed by atoms with E-state index in [0.29, 0.717) is 6.54 Å². The Bertz CT molecular complexity index is 654. The van der Waals surface area contributed by atoms with Crippen LogP contribution in [0.4, 0.5) is 11.4 Å². The first-order chi connectivity index (χ1) is 10.7. The van der Waals surface area contributed by atoms with Gasteiger partial charge in [0.25, 0.3) is 5.91 Å². The lowest BCUT2D eigenvalue weighted by atomic mass is 10.1. The fraction of sp³-hybridized carbons (Fsp3) is 0.375. The molecule has 1 aliphatic heterocycles. The van der Waals surface area contributed by atoms with Gasteiger partial charge in [0.15, 0.2) is 0 Å². The molecule has 2 aromatic rings. The van der Waals surface area contributed by atoms with Gasteiger partial charge >= 0.3 is 0 Å². The van der Waals surface area contributed by atoms with Crippen molar-refractivity contribution in [2.24, 2.45) is 0 Å². The molecule has 0 radical (unpaired) electrons. The average Bonchev–Trinajstić information content (AvgIpc) is 3.18. The van der Waals surface area contributed by atoms with Gasteiger partial charge in [0.2, 0.25) is 0 Å². The lowest BCUT2D eigenvalue weighted by molar-refractivity contribution is -0.121. The predicted molar refractivity (Wildman–Crippen MR) is 84.9 cm³/mol. The average molecular weight is 300 g/mol. The van der Waals surface area contributed by atoms with Crippen molar-refractivity contribution in [1.29, 1.82) is 0 Å². The van der Waals surface area contributed by atoms with Crippen molar-refractivity contribution in [3.05, 3.63) is 42.0 Å². The zero-order valence-electron chi connectivity index (χ0n) is 12.6. The summed E-state index contributed by atoms with van der Waals surface area (Å²) in [6.45, 7) is 3.71. The second kappa shape index (κ2) is 6.19. The molecule has 3 rings (SSSR count). The molecular formula is C16H20N4O2. The maximum Gasteiger partial charge on any atom is 0.252 e. The Morgan fingerprint density at radius 3 is 3.05 bits per heavy atom. The maximum absolute atomic E-state index is 11.8. The molecule has 6 heteroatoms. The number of hydrogen-bond donors (Lipinski definition) is 2. The van der Waals surface area contributed by atoms with Gasteiger partial charge < -0.3 is 19.9 Å². The number of aliphatic hydroxyl groups is 1. The van der Waals surface area contributed by atoms with E-state index in [4.69, 9.17) is 5.11 Å². The van der Waals surface area contributed by atoms with Crippen molar-refractivity contribution in [1.82, 2.24) is 9.97 Å². The number of amides is 1. The van der Waals surface area contributed by atoms with Crippen LogP contribution in [0.15, 0.2) is 30.7 Å². The van der Waals surface area contributed by atoms with E-state index in [1.807, 2.05) is 25.3 Å². The molecule has 0 aliphatic carbocycles. The molecule has 22 heavy (non-hydrogen) atoms. The van der Waals surface area contributed by atoms with Crippen LogP contribution >= 0.6 is 0 Å². The van der Waals surface area contributed by atoms with E-state index in [9.17, 15) is 4.79 Å². The SMILES string of the molecule is CCN(C(=O)CO)c1ccc2c(c1)N(Cc1cnc[nH]1)CC2. The molecule has 0 fully saturated rings. The van der Waals surface area contributed by atoms with E-state index < -0.39 is 6.61 Å². The summed E-state index contributed by atoms with van der Waals surface area (Å²) in [5, 5.41) is 9.10. The molecule has 0 unspecified atom stereocenters. The van der Waals surface area contributed by atoms with Crippen molar-refractivity contribution >= 4 is 17.3 Å². The molecular weight excluding hydrogens is 280 g/mol. The van der Waals surface area contributed by atoms with Gasteiger partial charge in [-0.1, -0.05) is 6.07 Å². The molecule has 0 bridgehead atoms. The number of fused-ring (bicyclic) bond motifs is 1. The quantitative estimate of drug-likeness (QED) is 0.873. The normalized spacial score (nSPS) is 13.3. The van der Waals surface area contributed by atoms with Gasteiger partial charge in [0, 0.05) is 30.7 Å². The van der Waals surface area contributed by atoms with E-state index in [0.717, 1.165) is 36.6 Å². The standard InChI is InChI=1S/C16H20N4O2/c1-2-20(16(22)10-21)14-4-3-12-5-6-19(15(12)7-14)9-13-8-17-11-18-13/h3-4,7-8,11,21H,2,5-6,9-10H2,1H3,(H,17,18). The highest BCUT2D eigenvalue weighted by molar-refractivity contribution is 5.94. The van der Waals surface area contributed by atoms with Crippen LogP contribution in [0, 0.1) is 0 Å². The number of aromatic amines is 1. The molecule has 2 heterocycles. The van der Waals surface area contributed by atoms with Gasteiger partial charge in [-0.25, -0.2) is 4.98 Å². The number of anilines is 2. The van der Waals surface area contributed by atoms with Gasteiger partial charge in [-0.05, 0) is 31.0 Å². The van der Waals surface area contributed by atoms with Crippen molar-refractivity contribution in [2.45, 2.75) is 19.9 Å². The number of aromatic nitrogens is 2. The Hall–Kier alpha value is -2.34. The summed E-state index contributed by atoms with van der Waals surface area (Å²) < 4.78 is 0. The number of H-pyrrole nitrogens is 1. The van der Waals surface area contributed by atoms with Crippen LogP contribution in [-0.4, -0.2) is 40.7 Å². The molecule has 1 aliphatic rings. The number of hydrogen-bond acceptors (Lipinski definition) is 4. The van der Waals surface area contributed by atoms with Crippen molar-refractivity contribution in [3.8, 4) is 0 Å². The number of benzene rings is 1. The second-order valence-corrected chi connectivity index (χ2v) is 5.36. The first kappa shape index (κ1) is 14.6. The number of carbonyl (C=O) groups is 1. The highest BCUT2D eigenvalue weighted by Gasteiger charge is 2.22. The molecule has 1 amide bonds. The Morgan fingerprint density at radius 1 is 1.50 bits per heavy atom. The first-order valence-electron chi connectivity index (χ1n) is 7.49. The molecule has 0 saturated carbocycles. The lowest BCUT2D eigenvalue weighted by Gasteiger charge is -2.23. The van der Waals surface area contributed by atoms with Crippen molar-refractivity contribution in [3.63, 3.8) is 0 Å². The van der Waals surface area contributed by atoms with Crippen LogP contribution in [0.5, 0.6) is 0 Å². The zero-order valence-corrected chi connectivity index (χ0v) is 12.6. The Labute approximate surface area is 129 Å². The minimum absolute atomic E-state index is 0.277. The number of carbonyl (C=O) groups excluding carboxylic acids is 1. The van der Waals surface area contributed by atoms with Crippen LogP contribution in [0.3, 0.4) is 0 Å². The third kappa shape index (κ3) is 2.69. The highest BCUT2D eigenvalue weighted by Crippen LogP contribution is 2.33. The number of imidazole rings is 1. The summed E-state index contributed by atoms with van der Waals surface area (Å²) in [5.41, 5.74) is 4.33.